The molecule has 1 N–H and O–H groups in total. The van der Waals surface area contributed by atoms with Crippen molar-refractivity contribution in [3.8, 4) is 5.75 Å². The van der Waals surface area contributed by atoms with Gasteiger partial charge in [0.05, 0.1) is 5.56 Å². The fourth-order valence-electron chi connectivity index (χ4n) is 2.88. The fraction of sp³-hybridized carbons (Fsp3) is 0.188. The summed E-state index contributed by atoms with van der Waals surface area (Å²) in [6.45, 7) is 0. The summed E-state index contributed by atoms with van der Waals surface area (Å²) in [6, 6.07) is 15.6. The largest absolute Gasteiger partial charge is 0.507 e. The van der Waals surface area contributed by atoms with Gasteiger partial charge in [0.1, 0.15) is 17.9 Å². The van der Waals surface area contributed by atoms with E-state index < -0.39 is 0 Å². The third-order valence-corrected chi connectivity index (χ3v) is 3.80. The second kappa shape index (κ2) is 3.85. The SMILES string of the molecule is Oc1ccccc1C1=N[C@H]2c3ccccc3C[C@H]2O1. The van der Waals surface area contributed by atoms with Crippen LogP contribution in [0.4, 0.5) is 0 Å². The molecule has 2 atom stereocenters. The first-order valence-corrected chi connectivity index (χ1v) is 6.43. The molecule has 2 aromatic carbocycles. The monoisotopic (exact) mass is 251 g/mol. The number of fused-ring (bicyclic) bond motifs is 3. The number of hydrogen-bond donors (Lipinski definition) is 1. The van der Waals surface area contributed by atoms with Crippen LogP contribution < -0.4 is 0 Å². The summed E-state index contributed by atoms with van der Waals surface area (Å²) in [7, 11) is 0. The molecule has 94 valence electrons. The molecule has 1 heterocycles. The molecule has 0 spiro atoms. The number of aliphatic imine (C=N–C) groups is 1. The van der Waals surface area contributed by atoms with E-state index in [0.29, 0.717) is 11.5 Å². The normalized spacial score (nSPS) is 23.5. The van der Waals surface area contributed by atoms with E-state index in [4.69, 9.17) is 4.74 Å². The van der Waals surface area contributed by atoms with E-state index in [0.717, 1.165) is 6.42 Å². The van der Waals surface area contributed by atoms with Crippen LogP contribution in [0.5, 0.6) is 5.75 Å². The maximum absolute atomic E-state index is 9.87. The molecule has 0 saturated heterocycles. The standard InChI is InChI=1S/C16H13NO2/c18-13-8-4-3-7-12(13)16-17-15-11-6-2-1-5-10(11)9-14(15)19-16/h1-8,14-15,18H,9H2/t14-,15+/m1/s1. The molecule has 0 aromatic heterocycles. The maximum Gasteiger partial charge on any atom is 0.221 e. The van der Waals surface area contributed by atoms with Gasteiger partial charge in [-0.05, 0) is 23.3 Å². The Labute approximate surface area is 111 Å². The number of nitrogens with zero attached hydrogens (tertiary/aromatic N) is 1. The Balaban J connectivity index is 1.75. The first-order valence-electron chi connectivity index (χ1n) is 6.43. The van der Waals surface area contributed by atoms with E-state index in [1.807, 2.05) is 24.3 Å². The average molecular weight is 251 g/mol. The first-order chi connectivity index (χ1) is 9.33. The number of rotatable bonds is 1. The number of aromatic hydroxyl groups is 1. The van der Waals surface area contributed by atoms with Crippen LogP contribution in [0.25, 0.3) is 0 Å². The number of ether oxygens (including phenoxy) is 1. The van der Waals surface area contributed by atoms with E-state index >= 15 is 0 Å². The summed E-state index contributed by atoms with van der Waals surface area (Å²) in [4.78, 5) is 4.66. The average Bonchev–Trinajstić information content (AvgIpc) is 2.96. The number of phenols is 1. The zero-order valence-electron chi connectivity index (χ0n) is 10.3. The van der Waals surface area contributed by atoms with Crippen LogP contribution in [0.1, 0.15) is 22.7 Å². The highest BCUT2D eigenvalue weighted by Gasteiger charge is 2.39. The molecule has 0 saturated carbocycles. The van der Waals surface area contributed by atoms with Crippen LogP contribution in [0.3, 0.4) is 0 Å². The Morgan fingerprint density at radius 3 is 2.74 bits per heavy atom. The van der Waals surface area contributed by atoms with Gasteiger partial charge in [0.25, 0.3) is 0 Å². The zero-order valence-corrected chi connectivity index (χ0v) is 10.3. The van der Waals surface area contributed by atoms with E-state index in [1.54, 1.807) is 12.1 Å². The molecule has 0 bridgehead atoms. The number of phenolic OH excluding ortho intramolecular Hbond substituents is 1. The Morgan fingerprint density at radius 1 is 1.05 bits per heavy atom. The topological polar surface area (TPSA) is 41.8 Å². The van der Waals surface area contributed by atoms with Gasteiger partial charge in [-0.1, -0.05) is 36.4 Å². The van der Waals surface area contributed by atoms with Crippen molar-refractivity contribution in [2.45, 2.75) is 18.6 Å². The van der Waals surface area contributed by atoms with Crippen LogP contribution in [0.2, 0.25) is 0 Å². The van der Waals surface area contributed by atoms with Crippen LogP contribution in [-0.2, 0) is 11.2 Å². The van der Waals surface area contributed by atoms with Gasteiger partial charge >= 0.3 is 0 Å². The van der Waals surface area contributed by atoms with Gasteiger partial charge in [-0.25, -0.2) is 4.99 Å². The van der Waals surface area contributed by atoms with Crippen molar-refractivity contribution in [1.29, 1.82) is 0 Å². The molecule has 2 aromatic rings. The smallest absolute Gasteiger partial charge is 0.221 e. The molecule has 0 unspecified atom stereocenters. The van der Waals surface area contributed by atoms with Crippen LogP contribution in [0.15, 0.2) is 53.5 Å². The lowest BCUT2D eigenvalue weighted by molar-refractivity contribution is 0.206. The van der Waals surface area contributed by atoms with Gasteiger partial charge in [0, 0.05) is 6.42 Å². The molecule has 1 aliphatic carbocycles. The third kappa shape index (κ3) is 1.55. The highest BCUT2D eigenvalue weighted by molar-refractivity contribution is 5.98. The summed E-state index contributed by atoms with van der Waals surface area (Å²) < 4.78 is 5.92. The summed E-state index contributed by atoms with van der Waals surface area (Å²) in [5.41, 5.74) is 3.24. The zero-order chi connectivity index (χ0) is 12.8. The molecule has 0 fully saturated rings. The van der Waals surface area contributed by atoms with E-state index in [2.05, 4.69) is 17.1 Å². The quantitative estimate of drug-likeness (QED) is 0.846. The Hall–Kier alpha value is -2.29. The van der Waals surface area contributed by atoms with Gasteiger partial charge in [-0.2, -0.15) is 0 Å². The minimum Gasteiger partial charge on any atom is -0.507 e. The summed E-state index contributed by atoms with van der Waals surface area (Å²) in [6.07, 6.45) is 0.966. The summed E-state index contributed by atoms with van der Waals surface area (Å²) in [5, 5.41) is 9.87. The van der Waals surface area contributed by atoms with E-state index in [-0.39, 0.29) is 17.9 Å². The number of hydrogen-bond acceptors (Lipinski definition) is 3. The van der Waals surface area contributed by atoms with E-state index in [9.17, 15) is 5.11 Å². The molecule has 4 rings (SSSR count). The molecule has 19 heavy (non-hydrogen) atoms. The lowest BCUT2D eigenvalue weighted by Gasteiger charge is -2.09. The summed E-state index contributed by atoms with van der Waals surface area (Å²) in [5.74, 6) is 0.775. The lowest BCUT2D eigenvalue weighted by atomic mass is 10.1. The molecule has 1 aliphatic heterocycles. The van der Waals surface area contributed by atoms with Crippen molar-refractivity contribution in [1.82, 2.24) is 0 Å². The minimum absolute atomic E-state index is 0.0748. The Kier molecular flexibility index (Phi) is 2.15. The number of para-hydroxylation sites is 1. The van der Waals surface area contributed by atoms with Gasteiger partial charge in [0.2, 0.25) is 5.90 Å². The van der Waals surface area contributed by atoms with Crippen LogP contribution >= 0.6 is 0 Å². The van der Waals surface area contributed by atoms with Gasteiger partial charge < -0.3 is 9.84 Å². The molecular weight excluding hydrogens is 238 g/mol. The second-order valence-corrected chi connectivity index (χ2v) is 4.96. The Bertz CT molecular complexity index is 678. The van der Waals surface area contributed by atoms with Crippen LogP contribution in [0, 0.1) is 0 Å². The molecule has 3 heteroatoms. The predicted octanol–water partition coefficient (Wildman–Crippen LogP) is 2.84. The molecule has 0 amide bonds. The highest BCUT2D eigenvalue weighted by Crippen LogP contribution is 2.41. The molecule has 0 radical (unpaired) electrons. The number of benzene rings is 2. The highest BCUT2D eigenvalue weighted by atomic mass is 16.5. The van der Waals surface area contributed by atoms with Gasteiger partial charge in [0.15, 0.2) is 0 Å². The van der Waals surface area contributed by atoms with Crippen molar-refractivity contribution < 1.29 is 9.84 Å². The molecular formula is C16H13NO2. The maximum atomic E-state index is 9.87. The lowest BCUT2D eigenvalue weighted by Crippen LogP contribution is -2.13. The van der Waals surface area contributed by atoms with Crippen molar-refractivity contribution in [3.05, 3.63) is 65.2 Å². The molecule has 2 aliphatic rings. The van der Waals surface area contributed by atoms with Crippen molar-refractivity contribution in [3.63, 3.8) is 0 Å². The summed E-state index contributed by atoms with van der Waals surface area (Å²) >= 11 is 0. The van der Waals surface area contributed by atoms with Gasteiger partial charge in [-0.3, -0.25) is 0 Å². The predicted molar refractivity (Wildman–Crippen MR) is 72.4 cm³/mol. The fourth-order valence-corrected chi connectivity index (χ4v) is 2.88. The third-order valence-electron chi connectivity index (χ3n) is 3.80. The van der Waals surface area contributed by atoms with Crippen molar-refractivity contribution >= 4 is 5.90 Å². The van der Waals surface area contributed by atoms with Crippen molar-refractivity contribution in [2.24, 2.45) is 4.99 Å². The first kappa shape index (κ1) is 10.6. The van der Waals surface area contributed by atoms with Crippen LogP contribution in [-0.4, -0.2) is 17.1 Å². The second-order valence-electron chi connectivity index (χ2n) is 4.96. The van der Waals surface area contributed by atoms with Gasteiger partial charge in [-0.15, -0.1) is 0 Å². The van der Waals surface area contributed by atoms with Crippen molar-refractivity contribution in [2.75, 3.05) is 0 Å². The minimum atomic E-state index is 0.0748. The van der Waals surface area contributed by atoms with E-state index in [1.165, 1.54) is 11.1 Å². The Morgan fingerprint density at radius 2 is 1.84 bits per heavy atom. The molecule has 3 nitrogen and oxygen atoms in total.